The number of aryl methyl sites for hydroxylation is 1. The van der Waals surface area contributed by atoms with E-state index in [1.54, 1.807) is 11.3 Å². The van der Waals surface area contributed by atoms with E-state index >= 15 is 0 Å². The molecule has 4 heteroatoms. The lowest BCUT2D eigenvalue weighted by molar-refractivity contribution is -0.123. The van der Waals surface area contributed by atoms with E-state index in [-0.39, 0.29) is 0 Å². The van der Waals surface area contributed by atoms with Crippen molar-refractivity contribution in [2.45, 2.75) is 32.1 Å². The predicted octanol–water partition coefficient (Wildman–Crippen LogP) is 2.48. The van der Waals surface area contributed by atoms with Crippen LogP contribution in [0.3, 0.4) is 0 Å². The molecule has 1 heterocycles. The van der Waals surface area contributed by atoms with Crippen LogP contribution in [0.15, 0.2) is 11.6 Å². The summed E-state index contributed by atoms with van der Waals surface area (Å²) >= 11 is 1.70. The van der Waals surface area contributed by atoms with E-state index in [1.165, 1.54) is 24.3 Å². The molecule has 5 atom stereocenters. The number of carbonyl (C=O) groups is 1. The van der Waals surface area contributed by atoms with Gasteiger partial charge in [-0.05, 0) is 49.4 Å². The molecule has 1 amide bonds. The maximum atomic E-state index is 12.2. The molecule has 3 aliphatic carbocycles. The standard InChI is InChI=1S/C15H20N2OS/c18-15(17-5-1-2-11-16-6-7-19-11)14-12-9-3-4-10(8-9)13(12)14/h6-7,9-10,12-14H,1-5,8H2,(H,17,18)/t9-,10+,12+,13-,14?. The fourth-order valence-electron chi connectivity index (χ4n) is 4.62. The Hall–Kier alpha value is -0.900. The fourth-order valence-corrected chi connectivity index (χ4v) is 5.28. The third kappa shape index (κ3) is 2.00. The Morgan fingerprint density at radius 1 is 1.37 bits per heavy atom. The fraction of sp³-hybridized carbons (Fsp3) is 0.733. The molecule has 1 aromatic rings. The Morgan fingerprint density at radius 3 is 2.84 bits per heavy atom. The molecule has 0 saturated heterocycles. The van der Waals surface area contributed by atoms with E-state index in [0.29, 0.717) is 11.8 Å². The van der Waals surface area contributed by atoms with E-state index in [0.717, 1.165) is 43.1 Å². The molecule has 0 radical (unpaired) electrons. The second kappa shape index (κ2) is 4.58. The zero-order valence-electron chi connectivity index (χ0n) is 11.0. The average molecular weight is 276 g/mol. The largest absolute Gasteiger partial charge is 0.356 e. The van der Waals surface area contributed by atoms with E-state index in [1.807, 2.05) is 11.6 Å². The van der Waals surface area contributed by atoms with Gasteiger partial charge >= 0.3 is 0 Å². The lowest BCUT2D eigenvalue weighted by Gasteiger charge is -2.09. The van der Waals surface area contributed by atoms with Gasteiger partial charge in [-0.2, -0.15) is 0 Å². The minimum absolute atomic E-state index is 0.339. The van der Waals surface area contributed by atoms with Crippen LogP contribution < -0.4 is 5.32 Å². The van der Waals surface area contributed by atoms with Gasteiger partial charge in [-0.3, -0.25) is 4.79 Å². The SMILES string of the molecule is O=C(NCCCc1nccs1)C1[C@@H]2[C@H]3CC[C@H](C3)[C@H]12. The van der Waals surface area contributed by atoms with Crippen molar-refractivity contribution >= 4 is 17.2 Å². The molecule has 1 unspecified atom stereocenters. The zero-order chi connectivity index (χ0) is 12.8. The Morgan fingerprint density at radius 2 is 2.16 bits per heavy atom. The van der Waals surface area contributed by atoms with Gasteiger partial charge in [0.05, 0.1) is 5.01 Å². The van der Waals surface area contributed by atoms with Gasteiger partial charge in [-0.1, -0.05) is 0 Å². The monoisotopic (exact) mass is 276 g/mol. The van der Waals surface area contributed by atoms with Crippen molar-refractivity contribution in [3.05, 3.63) is 16.6 Å². The summed E-state index contributed by atoms with van der Waals surface area (Å²) in [6, 6.07) is 0. The van der Waals surface area contributed by atoms with Crippen molar-refractivity contribution < 1.29 is 4.79 Å². The first-order valence-corrected chi connectivity index (χ1v) is 8.38. The summed E-state index contributed by atoms with van der Waals surface area (Å²) in [6.07, 6.45) is 8.04. The highest BCUT2D eigenvalue weighted by atomic mass is 32.1. The van der Waals surface area contributed by atoms with Crippen LogP contribution in [-0.4, -0.2) is 17.4 Å². The van der Waals surface area contributed by atoms with Crippen molar-refractivity contribution in [1.29, 1.82) is 0 Å². The van der Waals surface area contributed by atoms with Crippen LogP contribution in [0.1, 0.15) is 30.7 Å². The van der Waals surface area contributed by atoms with Crippen molar-refractivity contribution in [3.8, 4) is 0 Å². The van der Waals surface area contributed by atoms with Crippen molar-refractivity contribution in [2.75, 3.05) is 6.54 Å². The number of nitrogens with zero attached hydrogens (tertiary/aromatic N) is 1. The molecule has 2 bridgehead atoms. The summed E-state index contributed by atoms with van der Waals surface area (Å²) < 4.78 is 0. The lowest BCUT2D eigenvalue weighted by Crippen LogP contribution is -2.28. The third-order valence-corrected chi connectivity index (χ3v) is 6.23. The van der Waals surface area contributed by atoms with Gasteiger partial charge in [0, 0.05) is 30.5 Å². The molecule has 4 rings (SSSR count). The topological polar surface area (TPSA) is 42.0 Å². The van der Waals surface area contributed by atoms with Crippen molar-refractivity contribution in [3.63, 3.8) is 0 Å². The van der Waals surface area contributed by atoms with Crippen LogP contribution in [0, 0.1) is 29.6 Å². The Bertz CT molecular complexity index is 456. The summed E-state index contributed by atoms with van der Waals surface area (Å²) in [7, 11) is 0. The van der Waals surface area contributed by atoms with Gasteiger partial charge in [-0.25, -0.2) is 4.98 Å². The molecular weight excluding hydrogens is 256 g/mol. The molecule has 3 saturated carbocycles. The number of thiazole rings is 1. The average Bonchev–Trinajstić information content (AvgIpc) is 2.82. The van der Waals surface area contributed by atoms with E-state index < -0.39 is 0 Å². The molecule has 3 fully saturated rings. The molecule has 0 aromatic carbocycles. The van der Waals surface area contributed by atoms with Crippen LogP contribution >= 0.6 is 11.3 Å². The van der Waals surface area contributed by atoms with Crippen molar-refractivity contribution in [1.82, 2.24) is 10.3 Å². The maximum absolute atomic E-state index is 12.2. The minimum Gasteiger partial charge on any atom is -0.356 e. The highest BCUT2D eigenvalue weighted by Gasteiger charge is 2.67. The molecule has 0 aliphatic heterocycles. The molecule has 3 nitrogen and oxygen atoms in total. The molecular formula is C15H20N2OS. The van der Waals surface area contributed by atoms with Crippen LogP contribution in [0.2, 0.25) is 0 Å². The summed E-state index contributed by atoms with van der Waals surface area (Å²) in [5.74, 6) is 4.02. The number of nitrogens with one attached hydrogen (secondary N) is 1. The highest BCUT2D eigenvalue weighted by molar-refractivity contribution is 7.09. The van der Waals surface area contributed by atoms with Crippen LogP contribution in [0.4, 0.5) is 0 Å². The normalized spacial score (nSPS) is 38.2. The minimum atomic E-state index is 0.339. The van der Waals surface area contributed by atoms with Gasteiger partial charge in [0.25, 0.3) is 0 Å². The quantitative estimate of drug-likeness (QED) is 0.840. The smallest absolute Gasteiger partial charge is 0.223 e. The Balaban J connectivity index is 1.21. The van der Waals surface area contributed by atoms with E-state index in [9.17, 15) is 4.79 Å². The number of fused-ring (bicyclic) bond motifs is 5. The predicted molar refractivity (Wildman–Crippen MR) is 74.7 cm³/mol. The number of aromatic nitrogens is 1. The van der Waals surface area contributed by atoms with Crippen LogP contribution in [0.5, 0.6) is 0 Å². The molecule has 1 N–H and O–H groups in total. The summed E-state index contributed by atoms with van der Waals surface area (Å²) in [6.45, 7) is 0.809. The van der Waals surface area contributed by atoms with Crippen molar-refractivity contribution in [2.24, 2.45) is 29.6 Å². The van der Waals surface area contributed by atoms with Crippen LogP contribution in [0.25, 0.3) is 0 Å². The van der Waals surface area contributed by atoms with E-state index in [2.05, 4.69) is 10.3 Å². The molecule has 19 heavy (non-hydrogen) atoms. The highest BCUT2D eigenvalue weighted by Crippen LogP contribution is 2.69. The molecule has 1 aromatic heterocycles. The lowest BCUT2D eigenvalue weighted by atomic mass is 10.0. The number of rotatable bonds is 5. The second-order valence-corrected chi connectivity index (χ2v) is 7.31. The maximum Gasteiger partial charge on any atom is 0.223 e. The number of hydrogen-bond donors (Lipinski definition) is 1. The number of hydrogen-bond acceptors (Lipinski definition) is 3. The Kier molecular flexibility index (Phi) is 2.87. The van der Waals surface area contributed by atoms with E-state index in [4.69, 9.17) is 0 Å². The van der Waals surface area contributed by atoms with Gasteiger partial charge in [-0.15, -0.1) is 11.3 Å². The van der Waals surface area contributed by atoms with Crippen LogP contribution in [-0.2, 0) is 11.2 Å². The number of carbonyl (C=O) groups excluding carboxylic acids is 1. The van der Waals surface area contributed by atoms with Gasteiger partial charge in [0.2, 0.25) is 5.91 Å². The van der Waals surface area contributed by atoms with Gasteiger partial charge in [0.1, 0.15) is 0 Å². The molecule has 0 spiro atoms. The van der Waals surface area contributed by atoms with Gasteiger partial charge in [0.15, 0.2) is 0 Å². The van der Waals surface area contributed by atoms with Gasteiger partial charge < -0.3 is 5.32 Å². The zero-order valence-corrected chi connectivity index (χ0v) is 11.9. The second-order valence-electron chi connectivity index (χ2n) is 6.33. The third-order valence-electron chi connectivity index (χ3n) is 5.39. The summed E-state index contributed by atoms with van der Waals surface area (Å²) in [5.41, 5.74) is 0. The first-order chi connectivity index (χ1) is 9.34. The molecule has 3 aliphatic rings. The Labute approximate surface area is 117 Å². The first-order valence-electron chi connectivity index (χ1n) is 7.50. The summed E-state index contributed by atoms with van der Waals surface area (Å²) in [5, 5.41) is 6.33. The first kappa shape index (κ1) is 11.9. The summed E-state index contributed by atoms with van der Waals surface area (Å²) in [4.78, 5) is 16.4. The number of amides is 1. The molecule has 102 valence electrons.